The Bertz CT molecular complexity index is 1040. The molecule has 2 heterocycles. The average Bonchev–Trinajstić information content (AvgIpc) is 3.25. The molecule has 0 aromatic heterocycles. The summed E-state index contributed by atoms with van der Waals surface area (Å²) in [7, 11) is -4.16. The van der Waals surface area contributed by atoms with Crippen molar-refractivity contribution in [3.63, 3.8) is 0 Å². The largest absolute Gasteiger partial charge is 0.454 e. The highest BCUT2D eigenvalue weighted by Gasteiger charge is 2.32. The quantitative estimate of drug-likeness (QED) is 0.815. The van der Waals surface area contributed by atoms with Gasteiger partial charge in [-0.2, -0.15) is 0 Å². The lowest BCUT2D eigenvalue weighted by atomic mass is 10.1. The lowest BCUT2D eigenvalue weighted by Gasteiger charge is -2.17. The highest BCUT2D eigenvalue weighted by atomic mass is 32.2. The van der Waals surface area contributed by atoms with Gasteiger partial charge >= 0.3 is 0 Å². The first-order valence-electron chi connectivity index (χ1n) is 8.48. The van der Waals surface area contributed by atoms with Crippen LogP contribution in [0.1, 0.15) is 6.42 Å². The van der Waals surface area contributed by atoms with E-state index in [9.17, 15) is 22.0 Å². The average molecular weight is 410 g/mol. The summed E-state index contributed by atoms with van der Waals surface area (Å²) in [5, 5.41) is 0. The molecule has 0 saturated carbocycles. The zero-order valence-corrected chi connectivity index (χ0v) is 15.3. The molecule has 28 heavy (non-hydrogen) atoms. The molecular formula is C18H16F2N2O5S. The summed E-state index contributed by atoms with van der Waals surface area (Å²) >= 11 is 0. The lowest BCUT2D eigenvalue weighted by molar-refractivity contribution is -0.117. The first-order valence-corrected chi connectivity index (χ1v) is 9.96. The number of fused-ring (bicyclic) bond motifs is 1. The van der Waals surface area contributed by atoms with Crippen LogP contribution in [0.15, 0.2) is 41.3 Å². The standard InChI is InChI=1S/C18H16F2N2O5S/c19-12-1-4-17(14(20)6-12)28(24,25)21-8-11-5-18(23)22(9-11)13-2-3-15-16(7-13)27-10-26-15/h1-4,6-7,11,21H,5,8-10H2. The Balaban J connectivity index is 1.43. The van der Waals surface area contributed by atoms with Crippen LogP contribution in [0, 0.1) is 17.6 Å². The molecule has 0 radical (unpaired) electrons. The van der Waals surface area contributed by atoms with Crippen LogP contribution in [-0.2, 0) is 14.8 Å². The molecule has 4 rings (SSSR count). The van der Waals surface area contributed by atoms with Gasteiger partial charge in [-0.05, 0) is 30.2 Å². The number of sulfonamides is 1. The third kappa shape index (κ3) is 3.52. The zero-order chi connectivity index (χ0) is 19.9. The van der Waals surface area contributed by atoms with Crippen LogP contribution in [-0.4, -0.2) is 34.2 Å². The maximum Gasteiger partial charge on any atom is 0.243 e. The van der Waals surface area contributed by atoms with E-state index in [4.69, 9.17) is 9.47 Å². The minimum atomic E-state index is -4.16. The predicted molar refractivity (Wildman–Crippen MR) is 94.6 cm³/mol. The number of carbonyl (C=O) groups excluding carboxylic acids is 1. The van der Waals surface area contributed by atoms with E-state index in [0.29, 0.717) is 29.8 Å². The maximum absolute atomic E-state index is 13.8. The monoisotopic (exact) mass is 410 g/mol. The van der Waals surface area contributed by atoms with Gasteiger partial charge < -0.3 is 14.4 Å². The summed E-state index contributed by atoms with van der Waals surface area (Å²) in [6, 6.07) is 7.38. The lowest BCUT2D eigenvalue weighted by Crippen LogP contribution is -2.31. The van der Waals surface area contributed by atoms with Crippen molar-refractivity contribution in [1.29, 1.82) is 0 Å². The smallest absolute Gasteiger partial charge is 0.243 e. The molecule has 10 heteroatoms. The van der Waals surface area contributed by atoms with Crippen LogP contribution < -0.4 is 19.1 Å². The molecule has 1 amide bonds. The van der Waals surface area contributed by atoms with Crippen LogP contribution in [0.25, 0.3) is 0 Å². The summed E-state index contributed by atoms with van der Waals surface area (Å²) in [4.78, 5) is 13.3. The van der Waals surface area contributed by atoms with Crippen molar-refractivity contribution in [2.45, 2.75) is 11.3 Å². The van der Waals surface area contributed by atoms with Gasteiger partial charge in [-0.1, -0.05) is 0 Å². The second kappa shape index (κ2) is 7.02. The van der Waals surface area contributed by atoms with Crippen molar-refractivity contribution in [2.24, 2.45) is 5.92 Å². The van der Waals surface area contributed by atoms with Gasteiger partial charge in [0.25, 0.3) is 0 Å². The Morgan fingerprint density at radius 1 is 1.11 bits per heavy atom. The minimum Gasteiger partial charge on any atom is -0.454 e. The molecule has 1 atom stereocenters. The number of halogens is 2. The van der Waals surface area contributed by atoms with E-state index in [-0.39, 0.29) is 31.6 Å². The number of anilines is 1. The van der Waals surface area contributed by atoms with Gasteiger partial charge in [-0.3, -0.25) is 4.79 Å². The fourth-order valence-corrected chi connectivity index (χ4v) is 4.39. The van der Waals surface area contributed by atoms with Gasteiger partial charge in [0.15, 0.2) is 11.5 Å². The Morgan fingerprint density at radius 3 is 2.68 bits per heavy atom. The van der Waals surface area contributed by atoms with Gasteiger partial charge in [0, 0.05) is 37.3 Å². The molecule has 2 aromatic carbocycles. The number of nitrogens with one attached hydrogen (secondary N) is 1. The van der Waals surface area contributed by atoms with Gasteiger partial charge in [-0.25, -0.2) is 21.9 Å². The predicted octanol–water partition coefficient (Wildman–Crippen LogP) is 2.02. The number of amides is 1. The SMILES string of the molecule is O=C1CC(CNS(=O)(=O)c2ccc(F)cc2F)CN1c1ccc2c(c1)OCO2. The fourth-order valence-electron chi connectivity index (χ4n) is 3.22. The third-order valence-corrected chi connectivity index (χ3v) is 6.08. The number of ether oxygens (including phenoxy) is 2. The summed E-state index contributed by atoms with van der Waals surface area (Å²) < 4.78 is 64.1. The van der Waals surface area contributed by atoms with E-state index >= 15 is 0 Å². The van der Waals surface area contributed by atoms with Crippen LogP contribution in [0.4, 0.5) is 14.5 Å². The molecule has 1 unspecified atom stereocenters. The molecule has 0 bridgehead atoms. The highest BCUT2D eigenvalue weighted by Crippen LogP contribution is 2.37. The molecule has 2 aliphatic rings. The molecule has 2 aromatic rings. The van der Waals surface area contributed by atoms with Crippen LogP contribution in [0.2, 0.25) is 0 Å². The van der Waals surface area contributed by atoms with Gasteiger partial charge in [0.05, 0.1) is 0 Å². The molecule has 0 aliphatic carbocycles. The van der Waals surface area contributed by atoms with E-state index in [0.717, 1.165) is 12.1 Å². The number of hydrogen-bond donors (Lipinski definition) is 1. The molecule has 1 fully saturated rings. The van der Waals surface area contributed by atoms with Crippen LogP contribution in [0.3, 0.4) is 0 Å². The number of benzene rings is 2. The number of rotatable bonds is 5. The van der Waals surface area contributed by atoms with Crippen molar-refractivity contribution in [3.8, 4) is 11.5 Å². The Morgan fingerprint density at radius 2 is 1.89 bits per heavy atom. The topological polar surface area (TPSA) is 84.9 Å². The van der Waals surface area contributed by atoms with E-state index in [2.05, 4.69) is 4.72 Å². The van der Waals surface area contributed by atoms with Gasteiger partial charge in [-0.15, -0.1) is 0 Å². The first kappa shape index (κ1) is 18.6. The summed E-state index contributed by atoms with van der Waals surface area (Å²) in [6.07, 6.45) is 0.142. The summed E-state index contributed by atoms with van der Waals surface area (Å²) in [5.74, 6) is -1.34. The summed E-state index contributed by atoms with van der Waals surface area (Å²) in [6.45, 7) is 0.371. The molecule has 0 spiro atoms. The second-order valence-corrected chi connectivity index (χ2v) is 8.27. The van der Waals surface area contributed by atoms with Crippen molar-refractivity contribution >= 4 is 21.6 Å². The number of nitrogens with zero attached hydrogens (tertiary/aromatic N) is 1. The molecule has 7 nitrogen and oxygen atoms in total. The second-order valence-electron chi connectivity index (χ2n) is 6.54. The Hall–Kier alpha value is -2.72. The van der Waals surface area contributed by atoms with E-state index in [1.54, 1.807) is 23.1 Å². The highest BCUT2D eigenvalue weighted by molar-refractivity contribution is 7.89. The summed E-state index contributed by atoms with van der Waals surface area (Å²) in [5.41, 5.74) is 0.629. The normalized spacial score (nSPS) is 18.7. The van der Waals surface area contributed by atoms with E-state index in [1.165, 1.54) is 0 Å². The molecule has 2 aliphatic heterocycles. The first-order chi connectivity index (χ1) is 13.3. The Kier molecular flexibility index (Phi) is 4.68. The third-order valence-electron chi connectivity index (χ3n) is 4.62. The van der Waals surface area contributed by atoms with Gasteiger partial charge in [0.1, 0.15) is 16.5 Å². The minimum absolute atomic E-state index is 0.0497. The maximum atomic E-state index is 13.8. The van der Waals surface area contributed by atoms with Crippen molar-refractivity contribution in [3.05, 3.63) is 48.0 Å². The number of carbonyl (C=O) groups is 1. The fraction of sp³-hybridized carbons (Fsp3) is 0.278. The van der Waals surface area contributed by atoms with E-state index in [1.807, 2.05) is 0 Å². The van der Waals surface area contributed by atoms with E-state index < -0.39 is 26.6 Å². The molecule has 148 valence electrons. The Labute approximate surface area is 159 Å². The zero-order valence-electron chi connectivity index (χ0n) is 14.5. The van der Waals surface area contributed by atoms with Gasteiger partial charge in [0.2, 0.25) is 22.7 Å². The van der Waals surface area contributed by atoms with Crippen molar-refractivity contribution < 1.29 is 31.5 Å². The van der Waals surface area contributed by atoms with Crippen LogP contribution in [0.5, 0.6) is 11.5 Å². The molecular weight excluding hydrogens is 394 g/mol. The number of hydrogen-bond acceptors (Lipinski definition) is 5. The van der Waals surface area contributed by atoms with Crippen molar-refractivity contribution in [1.82, 2.24) is 4.72 Å². The van der Waals surface area contributed by atoms with Crippen LogP contribution >= 0.6 is 0 Å². The van der Waals surface area contributed by atoms with Crippen molar-refractivity contribution in [2.75, 3.05) is 24.8 Å². The molecule has 1 saturated heterocycles. The molecule has 1 N–H and O–H groups in total.